The van der Waals surface area contributed by atoms with E-state index < -0.39 is 18.3 Å². The Morgan fingerprint density at radius 1 is 1.00 bits per heavy atom. The fourth-order valence-corrected chi connectivity index (χ4v) is 2.16. The first kappa shape index (κ1) is 17.7. The molecule has 0 atom stereocenters. The maximum absolute atomic E-state index is 12.6. The Morgan fingerprint density at radius 3 is 1.92 bits per heavy atom. The summed E-state index contributed by atoms with van der Waals surface area (Å²) >= 11 is 0. The van der Waals surface area contributed by atoms with Crippen LogP contribution < -0.4 is 0 Å². The Kier molecular flexibility index (Phi) is 5.35. The second-order valence-electron chi connectivity index (χ2n) is 5.13. The van der Waals surface area contributed by atoms with E-state index in [1.165, 1.54) is 17.0 Å². The first-order valence-corrected chi connectivity index (χ1v) is 7.07. The molecule has 3 N–H and O–H groups in total. The first-order chi connectivity index (χ1) is 11.3. The number of aliphatic hydroxyl groups is 1. The number of nitrogens with one attached hydrogen (secondary N) is 2. The summed E-state index contributed by atoms with van der Waals surface area (Å²) in [6.07, 6.45) is -3.39. The number of aliphatic hydroxyl groups excluding tert-OH is 1. The smallest absolute Gasteiger partial charge is 0.388 e. The van der Waals surface area contributed by atoms with Crippen molar-refractivity contribution in [1.82, 2.24) is 4.90 Å². The van der Waals surface area contributed by atoms with Crippen molar-refractivity contribution in [2.45, 2.75) is 12.7 Å². The lowest BCUT2D eigenvalue weighted by atomic mass is 10.0. The van der Waals surface area contributed by atoms with Crippen molar-refractivity contribution < 1.29 is 18.3 Å². The third kappa shape index (κ3) is 4.20. The van der Waals surface area contributed by atoms with Gasteiger partial charge in [0.25, 0.3) is 0 Å². The molecule has 0 spiro atoms. The number of hydrogen-bond donors (Lipinski definition) is 3. The summed E-state index contributed by atoms with van der Waals surface area (Å²) in [6.45, 7) is -0.199. The van der Waals surface area contributed by atoms with Crippen LogP contribution in [0.4, 0.5) is 13.2 Å². The zero-order valence-electron chi connectivity index (χ0n) is 12.6. The van der Waals surface area contributed by atoms with E-state index in [4.69, 9.17) is 15.9 Å². The Balaban J connectivity index is 2.14. The van der Waals surface area contributed by atoms with Crippen molar-refractivity contribution in [2.75, 3.05) is 6.61 Å². The lowest BCUT2D eigenvalue weighted by molar-refractivity contribution is -0.137. The Morgan fingerprint density at radius 2 is 1.50 bits per heavy atom. The van der Waals surface area contributed by atoms with Crippen molar-refractivity contribution >= 4 is 12.2 Å². The molecular weight excluding hydrogens is 319 g/mol. The van der Waals surface area contributed by atoms with E-state index in [2.05, 4.69) is 0 Å². The van der Waals surface area contributed by atoms with Crippen LogP contribution in [0.2, 0.25) is 0 Å². The van der Waals surface area contributed by atoms with Crippen LogP contribution in [-0.4, -0.2) is 28.8 Å². The fraction of sp³-hybridized carbons (Fsp3) is 0.176. The molecule has 0 saturated carbocycles. The molecule has 7 heteroatoms. The van der Waals surface area contributed by atoms with E-state index in [9.17, 15) is 13.2 Å². The Bertz CT molecular complexity index is 709. The molecule has 2 aromatic rings. The number of amidine groups is 1. The molecule has 4 nitrogen and oxygen atoms in total. The van der Waals surface area contributed by atoms with Crippen molar-refractivity contribution in [2.24, 2.45) is 0 Å². The summed E-state index contributed by atoms with van der Waals surface area (Å²) in [5.41, 5.74) is 1.56. The number of halogens is 3. The van der Waals surface area contributed by atoms with E-state index in [0.29, 0.717) is 5.56 Å². The van der Waals surface area contributed by atoms with Crippen LogP contribution in [0, 0.1) is 10.8 Å². The topological polar surface area (TPSA) is 71.2 Å². The van der Waals surface area contributed by atoms with Crippen LogP contribution >= 0.6 is 0 Å². The molecule has 2 aromatic carbocycles. The van der Waals surface area contributed by atoms with E-state index in [0.717, 1.165) is 29.6 Å². The molecule has 0 saturated heterocycles. The van der Waals surface area contributed by atoms with Gasteiger partial charge in [0.1, 0.15) is 12.4 Å². The molecule has 0 fully saturated rings. The SMILES string of the molecule is N=CN(Cc1ccc(-c2ccc(C(F)(F)F)cc2)cc1)C(=N)CO. The quantitative estimate of drug-likeness (QED) is 0.575. The third-order valence-electron chi connectivity index (χ3n) is 3.50. The molecule has 0 aliphatic rings. The van der Waals surface area contributed by atoms with Crippen LogP contribution in [-0.2, 0) is 12.7 Å². The minimum Gasteiger partial charge on any atom is -0.388 e. The molecule has 126 valence electrons. The average molecular weight is 335 g/mol. The number of hydrogen-bond acceptors (Lipinski definition) is 3. The van der Waals surface area contributed by atoms with E-state index >= 15 is 0 Å². The van der Waals surface area contributed by atoms with Crippen LogP contribution in [0.15, 0.2) is 48.5 Å². The highest BCUT2D eigenvalue weighted by Gasteiger charge is 2.29. The van der Waals surface area contributed by atoms with Gasteiger partial charge in [-0.05, 0) is 28.8 Å². The lowest BCUT2D eigenvalue weighted by Gasteiger charge is -2.18. The van der Waals surface area contributed by atoms with Crippen LogP contribution in [0.1, 0.15) is 11.1 Å². The van der Waals surface area contributed by atoms with Gasteiger partial charge >= 0.3 is 6.18 Å². The maximum Gasteiger partial charge on any atom is 0.416 e. The minimum absolute atomic E-state index is 0.0863. The molecule has 0 unspecified atom stereocenters. The largest absolute Gasteiger partial charge is 0.416 e. The molecule has 0 aliphatic carbocycles. The molecule has 0 aliphatic heterocycles. The first-order valence-electron chi connectivity index (χ1n) is 7.07. The summed E-state index contributed by atoms with van der Waals surface area (Å²) in [6, 6.07) is 12.0. The summed E-state index contributed by atoms with van der Waals surface area (Å²) < 4.78 is 37.7. The highest BCUT2D eigenvalue weighted by Crippen LogP contribution is 2.31. The van der Waals surface area contributed by atoms with Gasteiger partial charge in [-0.3, -0.25) is 10.8 Å². The van der Waals surface area contributed by atoms with Crippen molar-refractivity contribution in [3.8, 4) is 11.1 Å². The molecule has 0 amide bonds. The molecule has 0 heterocycles. The number of rotatable bonds is 5. The zero-order valence-corrected chi connectivity index (χ0v) is 12.6. The van der Waals surface area contributed by atoms with Crippen LogP contribution in [0.25, 0.3) is 11.1 Å². The predicted octanol–water partition coefficient (Wildman–Crippen LogP) is 3.75. The van der Waals surface area contributed by atoms with Gasteiger partial charge in [0.05, 0.1) is 18.4 Å². The van der Waals surface area contributed by atoms with Gasteiger partial charge in [-0.15, -0.1) is 0 Å². The normalized spacial score (nSPS) is 11.2. The van der Waals surface area contributed by atoms with E-state index in [1.807, 2.05) is 0 Å². The van der Waals surface area contributed by atoms with Gasteiger partial charge in [0.2, 0.25) is 0 Å². The molecule has 0 bridgehead atoms. The highest BCUT2D eigenvalue weighted by atomic mass is 19.4. The van der Waals surface area contributed by atoms with Gasteiger partial charge in [0, 0.05) is 0 Å². The number of nitrogens with zero attached hydrogens (tertiary/aromatic N) is 1. The maximum atomic E-state index is 12.6. The number of benzene rings is 2. The van der Waals surface area contributed by atoms with Gasteiger partial charge in [-0.25, -0.2) is 0 Å². The summed E-state index contributed by atoms with van der Waals surface area (Å²) in [7, 11) is 0. The average Bonchev–Trinajstić information content (AvgIpc) is 2.59. The predicted molar refractivity (Wildman–Crippen MR) is 86.0 cm³/mol. The van der Waals surface area contributed by atoms with E-state index in [1.54, 1.807) is 24.3 Å². The second-order valence-corrected chi connectivity index (χ2v) is 5.13. The third-order valence-corrected chi connectivity index (χ3v) is 3.50. The summed E-state index contributed by atoms with van der Waals surface area (Å²) in [5, 5.41) is 23.7. The number of alkyl halides is 3. The lowest BCUT2D eigenvalue weighted by Crippen LogP contribution is -2.30. The molecule has 24 heavy (non-hydrogen) atoms. The zero-order chi connectivity index (χ0) is 17.7. The van der Waals surface area contributed by atoms with Gasteiger partial charge in [-0.1, -0.05) is 36.4 Å². The standard InChI is InChI=1S/C17H16F3N3O/c18-17(19,20)15-7-5-14(6-8-15)13-3-1-12(2-4-13)9-23(11-21)16(22)10-24/h1-8,11,21-22,24H,9-10H2. The van der Waals surface area contributed by atoms with Gasteiger partial charge in [0.15, 0.2) is 0 Å². The molecule has 2 rings (SSSR count). The summed E-state index contributed by atoms with van der Waals surface area (Å²) in [4.78, 5) is 1.28. The van der Waals surface area contributed by atoms with Crippen molar-refractivity contribution in [3.05, 3.63) is 59.7 Å². The van der Waals surface area contributed by atoms with Gasteiger partial charge in [-0.2, -0.15) is 13.2 Å². The Labute approximate surface area is 137 Å². The molecule has 0 aromatic heterocycles. The van der Waals surface area contributed by atoms with Gasteiger partial charge < -0.3 is 10.0 Å². The molecular formula is C17H16F3N3O. The minimum atomic E-state index is -4.35. The van der Waals surface area contributed by atoms with E-state index in [-0.39, 0.29) is 12.4 Å². The second kappa shape index (κ2) is 7.27. The highest BCUT2D eigenvalue weighted by molar-refractivity contribution is 5.89. The van der Waals surface area contributed by atoms with Crippen LogP contribution in [0.3, 0.4) is 0 Å². The summed E-state index contributed by atoms with van der Waals surface area (Å²) in [5.74, 6) is -0.0863. The molecule has 0 radical (unpaired) electrons. The monoisotopic (exact) mass is 335 g/mol. The van der Waals surface area contributed by atoms with Crippen LogP contribution in [0.5, 0.6) is 0 Å². The van der Waals surface area contributed by atoms with Crippen molar-refractivity contribution in [3.63, 3.8) is 0 Å². The van der Waals surface area contributed by atoms with Crippen molar-refractivity contribution in [1.29, 1.82) is 10.8 Å². The fourth-order valence-electron chi connectivity index (χ4n) is 2.16. The Hall–Kier alpha value is -2.67.